The van der Waals surface area contributed by atoms with E-state index in [0.717, 1.165) is 24.7 Å². The SMILES string of the molecule is CN(C)[C@H](CNC(=O)[C@H]1CCCCN1S(C)(=O)=O)c1ccccc1Cl. The summed E-state index contributed by atoms with van der Waals surface area (Å²) in [5.41, 5.74) is 0.929. The molecule has 25 heavy (non-hydrogen) atoms. The minimum Gasteiger partial charge on any atom is -0.353 e. The number of nitrogens with one attached hydrogen (secondary N) is 1. The molecule has 1 amide bonds. The fourth-order valence-electron chi connectivity index (χ4n) is 3.20. The summed E-state index contributed by atoms with van der Waals surface area (Å²) < 4.78 is 25.2. The van der Waals surface area contributed by atoms with Crippen molar-refractivity contribution in [2.75, 3.05) is 33.4 Å². The summed E-state index contributed by atoms with van der Waals surface area (Å²) in [5.74, 6) is -0.246. The molecule has 2 atom stereocenters. The maximum atomic E-state index is 12.6. The van der Waals surface area contributed by atoms with Gasteiger partial charge in [-0.3, -0.25) is 4.79 Å². The van der Waals surface area contributed by atoms with Gasteiger partial charge in [0, 0.05) is 18.1 Å². The highest BCUT2D eigenvalue weighted by atomic mass is 35.5. The maximum Gasteiger partial charge on any atom is 0.238 e. The van der Waals surface area contributed by atoms with Gasteiger partial charge in [-0.15, -0.1) is 0 Å². The molecule has 1 aliphatic rings. The number of rotatable bonds is 6. The van der Waals surface area contributed by atoms with E-state index in [1.807, 2.05) is 43.3 Å². The summed E-state index contributed by atoms with van der Waals surface area (Å²) in [6.45, 7) is 0.766. The molecule has 1 aliphatic heterocycles. The molecule has 6 nitrogen and oxygen atoms in total. The Bertz CT molecular complexity index is 709. The molecule has 0 saturated carbocycles. The third-order valence-electron chi connectivity index (χ3n) is 4.54. The first-order chi connectivity index (χ1) is 11.7. The van der Waals surface area contributed by atoms with Gasteiger partial charge in [0.15, 0.2) is 0 Å². The lowest BCUT2D eigenvalue weighted by Gasteiger charge is -2.33. The number of nitrogens with zero attached hydrogens (tertiary/aromatic N) is 2. The third kappa shape index (κ3) is 5.17. The van der Waals surface area contributed by atoms with Crippen LogP contribution in [-0.2, 0) is 14.8 Å². The van der Waals surface area contributed by atoms with E-state index < -0.39 is 16.1 Å². The van der Waals surface area contributed by atoms with Gasteiger partial charge in [-0.25, -0.2) is 8.42 Å². The molecule has 0 aliphatic carbocycles. The number of carbonyl (C=O) groups is 1. The lowest BCUT2D eigenvalue weighted by Crippen LogP contribution is -2.52. The number of carbonyl (C=O) groups excluding carboxylic acids is 1. The molecule has 1 aromatic carbocycles. The van der Waals surface area contributed by atoms with Crippen LogP contribution in [0.2, 0.25) is 5.02 Å². The van der Waals surface area contributed by atoms with Crippen LogP contribution in [-0.4, -0.2) is 63.0 Å². The van der Waals surface area contributed by atoms with Crippen molar-refractivity contribution in [1.82, 2.24) is 14.5 Å². The molecule has 0 unspecified atom stereocenters. The minimum absolute atomic E-state index is 0.0899. The van der Waals surface area contributed by atoms with Crippen LogP contribution in [0.1, 0.15) is 30.9 Å². The topological polar surface area (TPSA) is 69.7 Å². The van der Waals surface area contributed by atoms with Crippen LogP contribution in [0.25, 0.3) is 0 Å². The number of halogens is 1. The Kier molecular flexibility index (Phi) is 6.85. The number of hydrogen-bond acceptors (Lipinski definition) is 4. The molecule has 0 radical (unpaired) electrons. The number of amides is 1. The molecule has 1 N–H and O–H groups in total. The summed E-state index contributed by atoms with van der Waals surface area (Å²) in [7, 11) is 0.448. The molecule has 2 rings (SSSR count). The summed E-state index contributed by atoms with van der Waals surface area (Å²) >= 11 is 6.28. The van der Waals surface area contributed by atoms with Crippen molar-refractivity contribution in [3.63, 3.8) is 0 Å². The second-order valence-corrected chi connectivity index (χ2v) is 8.97. The first-order valence-corrected chi connectivity index (χ1v) is 10.6. The van der Waals surface area contributed by atoms with E-state index >= 15 is 0 Å². The van der Waals surface area contributed by atoms with Crippen LogP contribution in [0.3, 0.4) is 0 Å². The maximum absolute atomic E-state index is 12.6. The van der Waals surface area contributed by atoms with Gasteiger partial charge in [-0.1, -0.05) is 36.2 Å². The molecular formula is C17H26ClN3O3S. The average Bonchev–Trinajstić information content (AvgIpc) is 2.55. The first-order valence-electron chi connectivity index (χ1n) is 8.37. The first kappa shape index (κ1) is 20.2. The van der Waals surface area contributed by atoms with Crippen molar-refractivity contribution < 1.29 is 13.2 Å². The monoisotopic (exact) mass is 387 g/mol. The Morgan fingerprint density at radius 3 is 2.64 bits per heavy atom. The fourth-order valence-corrected chi connectivity index (χ4v) is 4.58. The molecule has 8 heteroatoms. The number of hydrogen-bond donors (Lipinski definition) is 1. The molecular weight excluding hydrogens is 362 g/mol. The second kappa shape index (κ2) is 8.49. The van der Waals surface area contributed by atoms with Crippen molar-refractivity contribution >= 4 is 27.5 Å². The summed E-state index contributed by atoms with van der Waals surface area (Å²) in [5, 5.41) is 3.56. The number of likely N-dealkylation sites (N-methyl/N-ethyl adjacent to an activating group) is 1. The van der Waals surface area contributed by atoms with E-state index in [9.17, 15) is 13.2 Å². The number of piperidine rings is 1. The van der Waals surface area contributed by atoms with Crippen LogP contribution >= 0.6 is 11.6 Å². The van der Waals surface area contributed by atoms with Crippen molar-refractivity contribution in [2.24, 2.45) is 0 Å². The minimum atomic E-state index is -3.39. The Morgan fingerprint density at radius 1 is 1.36 bits per heavy atom. The zero-order valence-electron chi connectivity index (χ0n) is 14.9. The molecule has 0 bridgehead atoms. The molecule has 1 aromatic rings. The molecule has 1 fully saturated rings. The normalized spacial score (nSPS) is 20.4. The standard InChI is InChI=1S/C17H26ClN3O3S/c1-20(2)16(13-8-4-5-9-14(13)18)12-19-17(22)15-10-6-7-11-21(15)25(3,23)24/h4-5,8-9,15-16H,6-7,10-12H2,1-3H3,(H,19,22)/t15-,16-/m1/s1. The van der Waals surface area contributed by atoms with E-state index in [-0.39, 0.29) is 11.9 Å². The van der Waals surface area contributed by atoms with Gasteiger partial charge in [0.2, 0.25) is 15.9 Å². The van der Waals surface area contributed by atoms with Crippen LogP contribution < -0.4 is 5.32 Å². The van der Waals surface area contributed by atoms with Crippen molar-refractivity contribution in [2.45, 2.75) is 31.3 Å². The van der Waals surface area contributed by atoms with Crippen LogP contribution in [0.5, 0.6) is 0 Å². The van der Waals surface area contributed by atoms with E-state index in [1.54, 1.807) is 0 Å². The van der Waals surface area contributed by atoms with Gasteiger partial charge in [0.05, 0.1) is 12.3 Å². The highest BCUT2D eigenvalue weighted by molar-refractivity contribution is 7.88. The second-order valence-electron chi connectivity index (χ2n) is 6.63. The van der Waals surface area contributed by atoms with E-state index in [0.29, 0.717) is 24.5 Å². The van der Waals surface area contributed by atoms with Crippen LogP contribution in [0.4, 0.5) is 0 Å². The molecule has 140 valence electrons. The lowest BCUT2D eigenvalue weighted by atomic mass is 10.0. The zero-order valence-corrected chi connectivity index (χ0v) is 16.5. The highest BCUT2D eigenvalue weighted by Gasteiger charge is 2.34. The van der Waals surface area contributed by atoms with Gasteiger partial charge in [-0.2, -0.15) is 4.31 Å². The molecule has 0 aromatic heterocycles. The van der Waals surface area contributed by atoms with Gasteiger partial charge >= 0.3 is 0 Å². The van der Waals surface area contributed by atoms with Crippen LogP contribution in [0.15, 0.2) is 24.3 Å². The van der Waals surface area contributed by atoms with E-state index in [2.05, 4.69) is 5.32 Å². The van der Waals surface area contributed by atoms with Gasteiger partial charge in [0.1, 0.15) is 6.04 Å². The van der Waals surface area contributed by atoms with Gasteiger partial charge in [0.25, 0.3) is 0 Å². The number of benzene rings is 1. The lowest BCUT2D eigenvalue weighted by molar-refractivity contribution is -0.125. The predicted molar refractivity (Wildman–Crippen MR) is 100 cm³/mol. The van der Waals surface area contributed by atoms with Crippen molar-refractivity contribution in [3.05, 3.63) is 34.9 Å². The highest BCUT2D eigenvalue weighted by Crippen LogP contribution is 2.26. The van der Waals surface area contributed by atoms with Crippen LogP contribution in [0, 0.1) is 0 Å². The third-order valence-corrected chi connectivity index (χ3v) is 6.17. The Morgan fingerprint density at radius 2 is 2.04 bits per heavy atom. The average molecular weight is 388 g/mol. The zero-order chi connectivity index (χ0) is 18.6. The van der Waals surface area contributed by atoms with Gasteiger partial charge < -0.3 is 10.2 Å². The molecule has 0 spiro atoms. The summed E-state index contributed by atoms with van der Waals surface area (Å²) in [4.78, 5) is 14.6. The van der Waals surface area contributed by atoms with E-state index in [1.165, 1.54) is 4.31 Å². The number of sulfonamides is 1. The quantitative estimate of drug-likeness (QED) is 0.809. The largest absolute Gasteiger partial charge is 0.353 e. The fraction of sp³-hybridized carbons (Fsp3) is 0.588. The Balaban J connectivity index is 2.09. The molecule has 1 saturated heterocycles. The van der Waals surface area contributed by atoms with Crippen molar-refractivity contribution in [3.8, 4) is 0 Å². The summed E-state index contributed by atoms with van der Waals surface area (Å²) in [6.07, 6.45) is 3.35. The van der Waals surface area contributed by atoms with Crippen molar-refractivity contribution in [1.29, 1.82) is 0 Å². The van der Waals surface area contributed by atoms with Gasteiger partial charge in [-0.05, 0) is 38.6 Å². The Hall–Kier alpha value is -1.15. The summed E-state index contributed by atoms with van der Waals surface area (Å²) in [6, 6.07) is 6.81. The smallest absolute Gasteiger partial charge is 0.238 e. The predicted octanol–water partition coefficient (Wildman–Crippen LogP) is 1.87. The van der Waals surface area contributed by atoms with E-state index in [4.69, 9.17) is 11.6 Å². The molecule has 1 heterocycles. The Labute approximate surface area is 155 Å².